The van der Waals surface area contributed by atoms with Crippen LogP contribution in [0.25, 0.3) is 0 Å². The van der Waals surface area contributed by atoms with Gasteiger partial charge in [0.15, 0.2) is 5.76 Å². The molecule has 0 aliphatic carbocycles. The monoisotopic (exact) mass is 427 g/mol. The molecule has 160 valence electrons. The van der Waals surface area contributed by atoms with E-state index in [0.717, 1.165) is 18.2 Å². The van der Waals surface area contributed by atoms with Crippen molar-refractivity contribution in [2.75, 3.05) is 11.9 Å². The molecule has 2 aromatic carbocycles. The first-order chi connectivity index (χ1) is 14.9. The Bertz CT molecular complexity index is 1110. The maximum Gasteiger partial charge on any atom is 0.259 e. The minimum Gasteiger partial charge on any atom is -0.493 e. The fourth-order valence-electron chi connectivity index (χ4n) is 2.59. The van der Waals surface area contributed by atoms with Crippen LogP contribution in [-0.4, -0.2) is 24.3 Å². The van der Waals surface area contributed by atoms with Gasteiger partial charge in [0.1, 0.15) is 17.4 Å². The van der Waals surface area contributed by atoms with Crippen LogP contribution in [0.5, 0.6) is 5.75 Å². The van der Waals surface area contributed by atoms with E-state index in [1.54, 1.807) is 6.07 Å². The Balaban J connectivity index is 1.79. The zero-order valence-corrected chi connectivity index (χ0v) is 16.5. The van der Waals surface area contributed by atoms with E-state index in [0.29, 0.717) is 13.0 Å². The fraction of sp³-hybridized carbons (Fsp3) is 0.136. The maximum absolute atomic E-state index is 14.3. The molecule has 1 heterocycles. The summed E-state index contributed by atoms with van der Waals surface area (Å²) >= 11 is 0. The van der Waals surface area contributed by atoms with Crippen LogP contribution in [-0.2, 0) is 4.74 Å². The molecule has 0 saturated heterocycles. The van der Waals surface area contributed by atoms with Crippen molar-refractivity contribution in [1.29, 1.82) is 10.8 Å². The lowest BCUT2D eigenvalue weighted by molar-refractivity contribution is 0.102. The van der Waals surface area contributed by atoms with E-state index in [2.05, 4.69) is 5.32 Å². The van der Waals surface area contributed by atoms with Gasteiger partial charge in [0.25, 0.3) is 11.8 Å². The summed E-state index contributed by atoms with van der Waals surface area (Å²) in [4.78, 5) is 12.7. The van der Waals surface area contributed by atoms with Crippen molar-refractivity contribution in [2.45, 2.75) is 13.3 Å². The smallest absolute Gasteiger partial charge is 0.259 e. The van der Waals surface area contributed by atoms with Gasteiger partial charge in [-0.1, -0.05) is 6.92 Å². The van der Waals surface area contributed by atoms with Crippen LogP contribution in [0.4, 0.5) is 14.5 Å². The average Bonchev–Trinajstić information content (AvgIpc) is 3.29. The van der Waals surface area contributed by atoms with Crippen LogP contribution in [0, 0.1) is 22.5 Å². The lowest BCUT2D eigenvalue weighted by Crippen LogP contribution is -2.17. The van der Waals surface area contributed by atoms with Crippen molar-refractivity contribution in [3.8, 4) is 5.75 Å². The first kappa shape index (κ1) is 21.7. The highest BCUT2D eigenvalue weighted by molar-refractivity contribution is 6.07. The Kier molecular flexibility index (Phi) is 6.76. The molecule has 0 atom stereocenters. The number of benzene rings is 2. The van der Waals surface area contributed by atoms with Gasteiger partial charge in [0, 0.05) is 5.56 Å². The summed E-state index contributed by atoms with van der Waals surface area (Å²) in [6.07, 6.45) is 2.04. The van der Waals surface area contributed by atoms with E-state index in [1.165, 1.54) is 30.5 Å². The van der Waals surface area contributed by atoms with Gasteiger partial charge in [-0.3, -0.25) is 15.6 Å². The highest BCUT2D eigenvalue weighted by Crippen LogP contribution is 2.23. The SMILES string of the molecule is CCCOc1ccc(F)cc1C(=O)Nc1cc(C(=N)OC(=N)c2ccco2)ccc1F. The average molecular weight is 427 g/mol. The summed E-state index contributed by atoms with van der Waals surface area (Å²) in [6, 6.07) is 10.0. The molecular formula is C22H19F2N3O4. The standard InChI is InChI=1S/C22H19F2N3O4/c1-2-9-29-18-8-6-14(23)12-15(18)22(28)27-17-11-13(5-7-16(17)24)20(25)31-21(26)19-4-3-10-30-19/h3-8,10-12,25-26H,2,9H2,1H3,(H,27,28). The van der Waals surface area contributed by atoms with Gasteiger partial charge in [0.05, 0.1) is 24.1 Å². The van der Waals surface area contributed by atoms with Gasteiger partial charge in [0.2, 0.25) is 5.90 Å². The van der Waals surface area contributed by atoms with E-state index in [-0.39, 0.29) is 28.3 Å². The highest BCUT2D eigenvalue weighted by atomic mass is 19.1. The number of nitrogens with one attached hydrogen (secondary N) is 3. The molecule has 1 amide bonds. The van der Waals surface area contributed by atoms with Crippen LogP contribution < -0.4 is 10.1 Å². The third-order valence-electron chi connectivity index (χ3n) is 4.07. The lowest BCUT2D eigenvalue weighted by atomic mass is 10.1. The summed E-state index contributed by atoms with van der Waals surface area (Å²) in [7, 11) is 0. The number of furan rings is 1. The van der Waals surface area contributed by atoms with Crippen LogP contribution in [0.3, 0.4) is 0 Å². The molecular weight excluding hydrogens is 408 g/mol. The van der Waals surface area contributed by atoms with Crippen LogP contribution >= 0.6 is 0 Å². The van der Waals surface area contributed by atoms with Gasteiger partial charge in [-0.05, 0) is 55.0 Å². The number of hydrogen-bond acceptors (Lipinski definition) is 6. The molecule has 0 saturated carbocycles. The molecule has 9 heteroatoms. The molecule has 0 unspecified atom stereocenters. The predicted octanol–water partition coefficient (Wildman–Crippen LogP) is 4.97. The Morgan fingerprint density at radius 1 is 1.10 bits per heavy atom. The maximum atomic E-state index is 14.3. The summed E-state index contributed by atoms with van der Waals surface area (Å²) in [5.74, 6) is -2.76. The van der Waals surface area contributed by atoms with Gasteiger partial charge < -0.3 is 19.2 Å². The summed E-state index contributed by atoms with van der Waals surface area (Å²) in [5.41, 5.74) is -0.232. The minimum atomic E-state index is -0.780. The number of carbonyl (C=O) groups is 1. The molecule has 1 aromatic heterocycles. The topological polar surface area (TPSA) is 108 Å². The van der Waals surface area contributed by atoms with E-state index in [4.69, 9.17) is 24.7 Å². The lowest BCUT2D eigenvalue weighted by Gasteiger charge is -2.13. The van der Waals surface area contributed by atoms with E-state index >= 15 is 0 Å². The van der Waals surface area contributed by atoms with Crippen molar-refractivity contribution in [3.63, 3.8) is 0 Å². The number of hydrogen-bond donors (Lipinski definition) is 3. The van der Waals surface area contributed by atoms with Gasteiger partial charge in [-0.2, -0.15) is 0 Å². The molecule has 3 rings (SSSR count). The van der Waals surface area contributed by atoms with E-state index in [9.17, 15) is 13.6 Å². The molecule has 0 aliphatic heterocycles. The molecule has 0 bridgehead atoms. The quantitative estimate of drug-likeness (QED) is 0.365. The number of rotatable bonds is 7. The fourth-order valence-corrected chi connectivity index (χ4v) is 2.59. The second-order valence-corrected chi connectivity index (χ2v) is 6.38. The number of carbonyl (C=O) groups excluding carboxylic acids is 1. The van der Waals surface area contributed by atoms with Crippen molar-refractivity contribution in [1.82, 2.24) is 0 Å². The first-order valence-electron chi connectivity index (χ1n) is 9.31. The second kappa shape index (κ2) is 9.66. The van der Waals surface area contributed by atoms with Crippen LogP contribution in [0.15, 0.2) is 59.2 Å². The van der Waals surface area contributed by atoms with Gasteiger partial charge >= 0.3 is 0 Å². The third kappa shape index (κ3) is 5.33. The third-order valence-corrected chi connectivity index (χ3v) is 4.07. The zero-order chi connectivity index (χ0) is 22.4. The molecule has 31 heavy (non-hydrogen) atoms. The Morgan fingerprint density at radius 2 is 1.90 bits per heavy atom. The molecule has 3 N–H and O–H groups in total. The Morgan fingerprint density at radius 3 is 2.61 bits per heavy atom. The Hall–Kier alpha value is -4.01. The summed E-state index contributed by atoms with van der Waals surface area (Å²) in [6.45, 7) is 2.21. The predicted molar refractivity (Wildman–Crippen MR) is 110 cm³/mol. The molecule has 0 spiro atoms. The van der Waals surface area contributed by atoms with Crippen molar-refractivity contribution in [2.24, 2.45) is 0 Å². The Labute approximate surface area is 176 Å². The minimum absolute atomic E-state index is 0.0934. The van der Waals surface area contributed by atoms with Crippen LogP contribution in [0.2, 0.25) is 0 Å². The first-order valence-corrected chi connectivity index (χ1v) is 9.31. The van der Waals surface area contributed by atoms with Crippen LogP contribution in [0.1, 0.15) is 35.0 Å². The van der Waals surface area contributed by atoms with E-state index < -0.39 is 29.3 Å². The summed E-state index contributed by atoms with van der Waals surface area (Å²) in [5, 5.41) is 18.2. The van der Waals surface area contributed by atoms with Gasteiger partial charge in [-0.25, -0.2) is 8.78 Å². The van der Waals surface area contributed by atoms with Gasteiger partial charge in [-0.15, -0.1) is 0 Å². The molecule has 0 radical (unpaired) electrons. The normalized spacial score (nSPS) is 10.4. The number of amides is 1. The summed E-state index contributed by atoms with van der Waals surface area (Å²) < 4.78 is 43.6. The second-order valence-electron chi connectivity index (χ2n) is 6.38. The zero-order valence-electron chi connectivity index (χ0n) is 16.5. The number of ether oxygens (including phenoxy) is 2. The van der Waals surface area contributed by atoms with E-state index in [1.807, 2.05) is 6.92 Å². The van der Waals surface area contributed by atoms with Crippen molar-refractivity contribution >= 4 is 23.4 Å². The molecule has 7 nitrogen and oxygen atoms in total. The highest BCUT2D eigenvalue weighted by Gasteiger charge is 2.18. The molecule has 0 fully saturated rings. The van der Waals surface area contributed by atoms with Crippen molar-refractivity contribution in [3.05, 3.63) is 83.3 Å². The largest absolute Gasteiger partial charge is 0.493 e. The number of halogens is 2. The molecule has 0 aliphatic rings. The number of anilines is 1. The molecule has 3 aromatic rings. The van der Waals surface area contributed by atoms with Crippen molar-refractivity contribution < 1.29 is 27.5 Å².